The van der Waals surface area contributed by atoms with E-state index in [2.05, 4.69) is 25.9 Å². The molecule has 10 nitrogen and oxygen atoms in total. The zero-order chi connectivity index (χ0) is 26.4. The molecule has 3 N–H and O–H groups in total. The smallest absolute Gasteiger partial charge is 0.257 e. The third-order valence-electron chi connectivity index (χ3n) is 5.43. The van der Waals surface area contributed by atoms with Crippen LogP contribution in [0, 0.1) is 0 Å². The Labute approximate surface area is 218 Å². The summed E-state index contributed by atoms with van der Waals surface area (Å²) in [6.07, 6.45) is 1.62. The molecular formula is C26H25ClN6O4. The lowest BCUT2D eigenvalue weighted by Gasteiger charge is -2.12. The number of hydrogen-bond acceptors (Lipinski definition) is 8. The van der Waals surface area contributed by atoms with E-state index < -0.39 is 5.91 Å². The normalized spacial score (nSPS) is 10.7. The monoisotopic (exact) mass is 520 g/mol. The molecular weight excluding hydrogens is 496 g/mol. The maximum absolute atomic E-state index is 13.1. The van der Waals surface area contributed by atoms with Crippen molar-refractivity contribution in [3.8, 4) is 17.3 Å². The molecule has 2 aromatic carbocycles. The van der Waals surface area contributed by atoms with E-state index in [9.17, 15) is 9.59 Å². The number of carbonyl (C=O) groups is 2. The van der Waals surface area contributed by atoms with Gasteiger partial charge in [-0.1, -0.05) is 17.7 Å². The number of carbonyl (C=O) groups excluding carboxylic acids is 2. The van der Waals surface area contributed by atoms with Gasteiger partial charge in [0.05, 0.1) is 23.2 Å². The van der Waals surface area contributed by atoms with E-state index in [0.717, 1.165) is 16.5 Å². The predicted molar refractivity (Wildman–Crippen MR) is 142 cm³/mol. The molecule has 0 aliphatic rings. The number of nitrogens with zero attached hydrogens (tertiary/aromatic N) is 3. The Morgan fingerprint density at radius 3 is 2.62 bits per heavy atom. The van der Waals surface area contributed by atoms with Crippen LogP contribution in [0.15, 0.2) is 54.7 Å². The van der Waals surface area contributed by atoms with E-state index in [1.165, 1.54) is 7.11 Å². The average molecular weight is 521 g/mol. The Hall–Kier alpha value is -4.28. The lowest BCUT2D eigenvalue weighted by Crippen LogP contribution is -2.26. The first-order valence-corrected chi connectivity index (χ1v) is 11.6. The second-order valence-electron chi connectivity index (χ2n) is 7.94. The van der Waals surface area contributed by atoms with Gasteiger partial charge in [-0.15, -0.1) is 0 Å². The van der Waals surface area contributed by atoms with E-state index in [0.29, 0.717) is 33.7 Å². The molecule has 2 heterocycles. The SMILES string of the molecule is CNc1nc(-c2ccnc(OC)c2)nc2cc(NC(=O)c3cc(CNC(=O)COC)ccc3Cl)ccc12. The van der Waals surface area contributed by atoms with Crippen molar-refractivity contribution in [1.29, 1.82) is 0 Å². The third-order valence-corrected chi connectivity index (χ3v) is 5.76. The molecule has 0 aliphatic carbocycles. The zero-order valence-corrected chi connectivity index (χ0v) is 21.2. The Balaban J connectivity index is 1.60. The quantitative estimate of drug-likeness (QED) is 0.303. The minimum atomic E-state index is -0.392. The number of methoxy groups -OCH3 is 2. The van der Waals surface area contributed by atoms with Gasteiger partial charge in [-0.3, -0.25) is 9.59 Å². The standard InChI is InChI=1S/C26H25ClN6O4/c1-28-25-18-6-5-17(12-21(18)32-24(33-25)16-8-9-29-23(11-16)37-3)31-26(35)19-10-15(4-7-20(19)27)13-30-22(34)14-36-2/h4-12H,13-14H2,1-3H3,(H,30,34)(H,31,35)(H,28,32,33). The van der Waals surface area contributed by atoms with Gasteiger partial charge in [0, 0.05) is 49.6 Å². The average Bonchev–Trinajstić information content (AvgIpc) is 2.91. The second-order valence-corrected chi connectivity index (χ2v) is 8.35. The summed E-state index contributed by atoms with van der Waals surface area (Å²) in [5, 5.41) is 9.77. The fraction of sp³-hybridized carbons (Fsp3) is 0.192. The fourth-order valence-electron chi connectivity index (χ4n) is 3.62. The molecule has 2 amide bonds. The van der Waals surface area contributed by atoms with E-state index in [-0.39, 0.29) is 24.6 Å². The Bertz CT molecular complexity index is 1460. The van der Waals surface area contributed by atoms with Crippen molar-refractivity contribution < 1.29 is 19.1 Å². The fourth-order valence-corrected chi connectivity index (χ4v) is 3.83. The number of rotatable bonds is 9. The van der Waals surface area contributed by atoms with Crippen molar-refractivity contribution in [2.24, 2.45) is 0 Å². The van der Waals surface area contributed by atoms with Gasteiger partial charge in [-0.2, -0.15) is 0 Å². The van der Waals surface area contributed by atoms with Crippen LogP contribution in [0.25, 0.3) is 22.3 Å². The first kappa shape index (κ1) is 25.8. The molecule has 2 aromatic heterocycles. The number of aromatic nitrogens is 3. The van der Waals surface area contributed by atoms with Gasteiger partial charge in [-0.25, -0.2) is 15.0 Å². The second kappa shape index (κ2) is 11.6. The number of anilines is 2. The summed E-state index contributed by atoms with van der Waals surface area (Å²) >= 11 is 6.31. The Morgan fingerprint density at radius 2 is 1.86 bits per heavy atom. The summed E-state index contributed by atoms with van der Waals surface area (Å²) in [5.41, 5.74) is 2.90. The van der Waals surface area contributed by atoms with Crippen molar-refractivity contribution in [3.05, 3.63) is 70.9 Å². The van der Waals surface area contributed by atoms with Crippen LogP contribution >= 0.6 is 11.6 Å². The van der Waals surface area contributed by atoms with Gasteiger partial charge < -0.3 is 25.4 Å². The van der Waals surface area contributed by atoms with Crippen molar-refractivity contribution in [2.45, 2.75) is 6.54 Å². The molecule has 4 rings (SSSR count). The number of halogens is 1. The van der Waals surface area contributed by atoms with Crippen LogP contribution < -0.4 is 20.7 Å². The van der Waals surface area contributed by atoms with Crippen LogP contribution in [0.1, 0.15) is 15.9 Å². The van der Waals surface area contributed by atoms with Crippen molar-refractivity contribution in [1.82, 2.24) is 20.3 Å². The maximum atomic E-state index is 13.1. The number of fused-ring (bicyclic) bond motifs is 1. The molecule has 0 saturated heterocycles. The highest BCUT2D eigenvalue weighted by Crippen LogP contribution is 2.28. The summed E-state index contributed by atoms with van der Waals surface area (Å²) in [7, 11) is 4.77. The van der Waals surface area contributed by atoms with Crippen molar-refractivity contribution in [2.75, 3.05) is 38.5 Å². The molecule has 0 radical (unpaired) electrons. The summed E-state index contributed by atoms with van der Waals surface area (Å²) in [5.74, 6) is 0.918. The first-order chi connectivity index (χ1) is 17.9. The third kappa shape index (κ3) is 6.11. The number of pyridine rings is 1. The molecule has 0 bridgehead atoms. The lowest BCUT2D eigenvalue weighted by atomic mass is 10.1. The van der Waals surface area contributed by atoms with Gasteiger partial charge in [0.15, 0.2) is 5.82 Å². The van der Waals surface area contributed by atoms with Crippen LogP contribution in [0.2, 0.25) is 5.02 Å². The summed E-state index contributed by atoms with van der Waals surface area (Å²) < 4.78 is 10.0. The van der Waals surface area contributed by atoms with Gasteiger partial charge >= 0.3 is 0 Å². The maximum Gasteiger partial charge on any atom is 0.257 e. The molecule has 0 unspecified atom stereocenters. The van der Waals surface area contributed by atoms with E-state index in [1.54, 1.807) is 62.8 Å². The predicted octanol–water partition coefficient (Wildman–Crippen LogP) is 3.91. The number of hydrogen-bond donors (Lipinski definition) is 3. The minimum absolute atomic E-state index is 0.0435. The highest BCUT2D eigenvalue weighted by molar-refractivity contribution is 6.34. The molecule has 11 heteroatoms. The van der Waals surface area contributed by atoms with Crippen molar-refractivity contribution >= 4 is 45.8 Å². The van der Waals surface area contributed by atoms with Gasteiger partial charge in [0.25, 0.3) is 5.91 Å². The Morgan fingerprint density at radius 1 is 1.03 bits per heavy atom. The summed E-state index contributed by atoms with van der Waals surface area (Å²) in [4.78, 5) is 38.2. The van der Waals surface area contributed by atoms with E-state index in [1.807, 2.05) is 6.07 Å². The number of benzene rings is 2. The summed E-state index contributed by atoms with van der Waals surface area (Å²) in [6.45, 7) is 0.194. The largest absolute Gasteiger partial charge is 0.481 e. The zero-order valence-electron chi connectivity index (χ0n) is 20.5. The van der Waals surface area contributed by atoms with E-state index in [4.69, 9.17) is 26.1 Å². The molecule has 0 fully saturated rings. The number of nitrogens with one attached hydrogen (secondary N) is 3. The molecule has 190 valence electrons. The van der Waals surface area contributed by atoms with Crippen LogP contribution in [0.5, 0.6) is 5.88 Å². The summed E-state index contributed by atoms with van der Waals surface area (Å²) in [6, 6.07) is 13.9. The highest BCUT2D eigenvalue weighted by atomic mass is 35.5. The number of amides is 2. The van der Waals surface area contributed by atoms with Gasteiger partial charge in [0.2, 0.25) is 11.8 Å². The lowest BCUT2D eigenvalue weighted by molar-refractivity contribution is -0.124. The topological polar surface area (TPSA) is 127 Å². The van der Waals surface area contributed by atoms with Gasteiger partial charge in [0.1, 0.15) is 12.4 Å². The molecule has 0 aliphatic heterocycles. The van der Waals surface area contributed by atoms with Crippen molar-refractivity contribution in [3.63, 3.8) is 0 Å². The first-order valence-electron chi connectivity index (χ1n) is 11.3. The van der Waals surface area contributed by atoms with Crippen LogP contribution in [-0.2, 0) is 16.1 Å². The van der Waals surface area contributed by atoms with Crippen LogP contribution in [0.3, 0.4) is 0 Å². The van der Waals surface area contributed by atoms with Crippen LogP contribution in [-0.4, -0.2) is 54.6 Å². The number of ether oxygens (including phenoxy) is 2. The van der Waals surface area contributed by atoms with Gasteiger partial charge in [-0.05, 0) is 42.0 Å². The molecule has 0 atom stereocenters. The Kier molecular flexibility index (Phi) is 8.11. The molecule has 4 aromatic rings. The highest BCUT2D eigenvalue weighted by Gasteiger charge is 2.15. The van der Waals surface area contributed by atoms with Crippen LogP contribution in [0.4, 0.5) is 11.5 Å². The van der Waals surface area contributed by atoms with E-state index >= 15 is 0 Å². The molecule has 37 heavy (non-hydrogen) atoms. The molecule has 0 saturated carbocycles. The molecule has 0 spiro atoms. The minimum Gasteiger partial charge on any atom is -0.481 e.